The van der Waals surface area contributed by atoms with Gasteiger partial charge < -0.3 is 24.4 Å². The Kier molecular flexibility index (Phi) is 7.92. The van der Waals surface area contributed by atoms with Crippen LogP contribution in [0.15, 0.2) is 53.0 Å². The van der Waals surface area contributed by atoms with Crippen LogP contribution in [0, 0.1) is 5.92 Å². The van der Waals surface area contributed by atoms with E-state index in [4.69, 9.17) is 9.47 Å². The van der Waals surface area contributed by atoms with Crippen LogP contribution in [0.5, 0.6) is 11.5 Å². The van der Waals surface area contributed by atoms with E-state index in [1.807, 2.05) is 25.1 Å². The third-order valence-corrected chi connectivity index (χ3v) is 10.9. The van der Waals surface area contributed by atoms with Crippen molar-refractivity contribution in [3.8, 4) is 11.5 Å². The van der Waals surface area contributed by atoms with Gasteiger partial charge in [0.25, 0.3) is 5.91 Å². The number of hydrogen-bond donors (Lipinski definition) is 1. The Morgan fingerprint density at radius 3 is 2.53 bits per heavy atom. The zero-order valence-electron chi connectivity index (χ0n) is 26.0. The van der Waals surface area contributed by atoms with Gasteiger partial charge in [0.05, 0.1) is 26.4 Å². The normalized spacial score (nSPS) is 25.3. The highest BCUT2D eigenvalue weighted by Gasteiger charge is 2.70. The fraction of sp³-hybridized carbons (Fsp3) is 0.471. The average molecular weight is 679 g/mol. The highest BCUT2D eigenvalue weighted by atomic mass is 79.9. The lowest BCUT2D eigenvalue weighted by Crippen LogP contribution is -2.51. The summed E-state index contributed by atoms with van der Waals surface area (Å²) >= 11 is 3.64. The molecule has 0 aliphatic carbocycles. The zero-order valence-corrected chi connectivity index (χ0v) is 27.6. The van der Waals surface area contributed by atoms with Gasteiger partial charge in [0.15, 0.2) is 11.5 Å². The van der Waals surface area contributed by atoms with Crippen LogP contribution in [-0.4, -0.2) is 116 Å². The monoisotopic (exact) mass is 677 g/mol. The minimum atomic E-state index is -0.935. The summed E-state index contributed by atoms with van der Waals surface area (Å²) < 4.78 is 11.6. The van der Waals surface area contributed by atoms with Crippen molar-refractivity contribution in [2.75, 3.05) is 78.6 Å². The summed E-state index contributed by atoms with van der Waals surface area (Å²) in [5.41, 5.74) is 2.18. The number of hydrogen-bond acceptors (Lipinski definition) is 8. The van der Waals surface area contributed by atoms with E-state index >= 15 is 0 Å². The molecule has 3 atom stereocenters. The van der Waals surface area contributed by atoms with E-state index in [1.165, 1.54) is 12.0 Å². The standard InChI is InChI=1S/C34H40BrN5O5/c1-36(2)28-9-8-26(24-6-4-5-7-25(24)28)29-17-23-20-38(19-22-16-30(41)31(44-3)18-27(22)35)21-34(23)32(42)39(33(43)40(29)34)11-10-37-12-14-45-15-13-37/h4-9,16,18,23,29,41H,10-15,17,19-21H2,1-3H3/t23-,29-,34+/m1/s1. The fourth-order valence-electron chi connectivity index (χ4n) is 8.04. The Balaban J connectivity index is 1.24. The van der Waals surface area contributed by atoms with Crippen molar-refractivity contribution >= 4 is 44.3 Å². The number of phenolic OH excluding ortho intramolecular Hbond substituents is 1. The third-order valence-electron chi connectivity index (χ3n) is 10.2. The molecule has 1 spiro atoms. The molecule has 0 unspecified atom stereocenters. The number of likely N-dealkylation sites (tertiary alicyclic amines) is 1. The molecule has 0 bridgehead atoms. The summed E-state index contributed by atoms with van der Waals surface area (Å²) in [6.45, 7) is 5.61. The van der Waals surface area contributed by atoms with Crippen molar-refractivity contribution < 1.29 is 24.2 Å². The zero-order chi connectivity index (χ0) is 31.5. The predicted molar refractivity (Wildman–Crippen MR) is 176 cm³/mol. The number of ether oxygens (including phenoxy) is 2. The fourth-order valence-corrected chi connectivity index (χ4v) is 8.49. The summed E-state index contributed by atoms with van der Waals surface area (Å²) in [6, 6.07) is 15.7. The van der Waals surface area contributed by atoms with Crippen molar-refractivity contribution in [3.63, 3.8) is 0 Å². The molecule has 0 aromatic heterocycles. The van der Waals surface area contributed by atoms with Gasteiger partial charge in [-0.3, -0.25) is 19.5 Å². The number of fused-ring (bicyclic) bond motifs is 1. The molecule has 7 rings (SSSR count). The SMILES string of the molecule is COc1cc(Br)c(CN2C[C@H]3C[C@H](c4ccc(N(C)C)c5ccccc45)N4C(=O)N(CCN5CCOCC5)C(=O)[C@]34C2)cc1O. The summed E-state index contributed by atoms with van der Waals surface area (Å²) in [7, 11) is 5.61. The van der Waals surface area contributed by atoms with Gasteiger partial charge in [-0.1, -0.05) is 46.3 Å². The molecule has 4 heterocycles. The summed E-state index contributed by atoms with van der Waals surface area (Å²) in [6.07, 6.45) is 0.714. The number of imide groups is 1. The molecular weight excluding hydrogens is 638 g/mol. The van der Waals surface area contributed by atoms with E-state index in [2.05, 4.69) is 61.0 Å². The maximum absolute atomic E-state index is 14.6. The van der Waals surface area contributed by atoms with Crippen LogP contribution >= 0.6 is 15.9 Å². The molecule has 0 saturated carbocycles. The van der Waals surface area contributed by atoms with Crippen molar-refractivity contribution in [3.05, 3.63) is 64.1 Å². The first-order valence-corrected chi connectivity index (χ1v) is 16.4. The lowest BCUT2D eigenvalue weighted by molar-refractivity contribution is -0.133. The molecule has 0 radical (unpaired) electrons. The minimum Gasteiger partial charge on any atom is -0.504 e. The second kappa shape index (κ2) is 11.8. The topological polar surface area (TPSA) is 89.0 Å². The molecule has 45 heavy (non-hydrogen) atoms. The summed E-state index contributed by atoms with van der Waals surface area (Å²) in [5, 5.41) is 12.7. The smallest absolute Gasteiger partial charge is 0.328 e. The highest BCUT2D eigenvalue weighted by molar-refractivity contribution is 9.10. The van der Waals surface area contributed by atoms with E-state index < -0.39 is 5.54 Å². The third kappa shape index (κ3) is 4.95. The first-order chi connectivity index (χ1) is 21.7. The molecule has 1 N–H and O–H groups in total. The number of benzene rings is 3. The van der Waals surface area contributed by atoms with Gasteiger partial charge >= 0.3 is 6.03 Å². The highest BCUT2D eigenvalue weighted by Crippen LogP contribution is 2.56. The van der Waals surface area contributed by atoms with E-state index in [0.717, 1.165) is 45.1 Å². The van der Waals surface area contributed by atoms with Crippen molar-refractivity contribution in [2.24, 2.45) is 5.92 Å². The maximum Gasteiger partial charge on any atom is 0.328 e. The molecule has 4 saturated heterocycles. The van der Waals surface area contributed by atoms with Crippen molar-refractivity contribution in [1.82, 2.24) is 19.6 Å². The van der Waals surface area contributed by atoms with E-state index in [-0.39, 0.29) is 29.6 Å². The quantitative estimate of drug-likeness (QED) is 0.354. The number of halogens is 1. The number of phenols is 1. The molecule has 4 aliphatic heterocycles. The van der Waals surface area contributed by atoms with Crippen LogP contribution < -0.4 is 9.64 Å². The van der Waals surface area contributed by atoms with Crippen LogP contribution in [0.1, 0.15) is 23.6 Å². The predicted octanol–water partition coefficient (Wildman–Crippen LogP) is 4.29. The Bertz CT molecular complexity index is 1640. The van der Waals surface area contributed by atoms with Gasteiger partial charge in [0.2, 0.25) is 0 Å². The number of methoxy groups -OCH3 is 1. The van der Waals surface area contributed by atoms with Gasteiger partial charge in [-0.05, 0) is 41.1 Å². The van der Waals surface area contributed by atoms with Gasteiger partial charge in [-0.15, -0.1) is 0 Å². The molecule has 4 fully saturated rings. The molecule has 238 valence electrons. The second-order valence-corrected chi connectivity index (χ2v) is 13.7. The number of anilines is 1. The minimum absolute atomic E-state index is 0.0229. The van der Waals surface area contributed by atoms with Crippen LogP contribution in [0.3, 0.4) is 0 Å². The first kappa shape index (κ1) is 30.3. The Hall–Kier alpha value is -3.38. The number of urea groups is 1. The largest absolute Gasteiger partial charge is 0.504 e. The molecule has 4 aliphatic rings. The van der Waals surface area contributed by atoms with E-state index in [0.29, 0.717) is 58.1 Å². The Morgan fingerprint density at radius 1 is 1.04 bits per heavy atom. The van der Waals surface area contributed by atoms with Crippen LogP contribution in [0.4, 0.5) is 10.5 Å². The Labute approximate surface area is 272 Å². The molecule has 3 amide bonds. The van der Waals surface area contributed by atoms with Gasteiger partial charge in [0.1, 0.15) is 5.54 Å². The molecular formula is C34H40BrN5O5. The van der Waals surface area contributed by atoms with E-state index in [9.17, 15) is 14.7 Å². The number of rotatable bonds is 8. The van der Waals surface area contributed by atoms with Gasteiger partial charge in [0, 0.05) is 81.4 Å². The number of carbonyl (C=O) groups excluding carboxylic acids is 2. The lowest BCUT2D eigenvalue weighted by atomic mass is 9.87. The second-order valence-electron chi connectivity index (χ2n) is 12.8. The maximum atomic E-state index is 14.6. The van der Waals surface area contributed by atoms with Gasteiger partial charge in [-0.2, -0.15) is 0 Å². The van der Waals surface area contributed by atoms with Crippen molar-refractivity contribution in [2.45, 2.75) is 24.5 Å². The van der Waals surface area contributed by atoms with E-state index in [1.54, 1.807) is 12.1 Å². The number of amides is 3. The van der Waals surface area contributed by atoms with Crippen LogP contribution in [0.25, 0.3) is 10.8 Å². The molecule has 10 nitrogen and oxygen atoms in total. The van der Waals surface area contributed by atoms with Crippen LogP contribution in [-0.2, 0) is 16.1 Å². The summed E-state index contributed by atoms with van der Waals surface area (Å²) in [4.78, 5) is 39.1. The lowest BCUT2D eigenvalue weighted by Gasteiger charge is -2.33. The molecule has 11 heteroatoms. The van der Waals surface area contributed by atoms with Crippen LogP contribution in [0.2, 0.25) is 0 Å². The number of morpholine rings is 1. The molecule has 3 aromatic rings. The first-order valence-electron chi connectivity index (χ1n) is 15.6. The van der Waals surface area contributed by atoms with Gasteiger partial charge in [-0.25, -0.2) is 4.79 Å². The number of aromatic hydroxyl groups is 1. The Morgan fingerprint density at radius 2 is 1.80 bits per heavy atom. The van der Waals surface area contributed by atoms with Crippen molar-refractivity contribution in [1.29, 1.82) is 0 Å². The summed E-state index contributed by atoms with van der Waals surface area (Å²) in [5.74, 6) is 0.368. The molecule has 3 aromatic carbocycles. The number of carbonyl (C=O) groups is 2. The number of nitrogens with zero attached hydrogens (tertiary/aromatic N) is 5. The average Bonchev–Trinajstić information content (AvgIpc) is 3.61.